The number of aryl methyl sites for hydroxylation is 1. The summed E-state index contributed by atoms with van der Waals surface area (Å²) in [5.74, 6) is 2.66. The number of rotatable bonds is 6. The first-order valence-electron chi connectivity index (χ1n) is 12.3. The normalized spacial score (nSPS) is 27.9. The van der Waals surface area contributed by atoms with E-state index in [1.54, 1.807) is 7.11 Å². The number of carbonyl (C=O) groups is 1. The first-order chi connectivity index (χ1) is 15.6. The van der Waals surface area contributed by atoms with Crippen molar-refractivity contribution in [2.45, 2.75) is 62.8 Å². The summed E-state index contributed by atoms with van der Waals surface area (Å²) in [7, 11) is 3.77. The number of fused-ring (bicyclic) bond motifs is 3. The van der Waals surface area contributed by atoms with E-state index in [-0.39, 0.29) is 5.91 Å². The predicted molar refractivity (Wildman–Crippen MR) is 125 cm³/mol. The van der Waals surface area contributed by atoms with Crippen LogP contribution in [0.25, 0.3) is 0 Å². The van der Waals surface area contributed by atoms with Crippen molar-refractivity contribution in [3.63, 3.8) is 0 Å². The zero-order valence-electron chi connectivity index (χ0n) is 19.4. The zero-order valence-corrected chi connectivity index (χ0v) is 19.4. The van der Waals surface area contributed by atoms with E-state index in [9.17, 15) is 4.79 Å². The van der Waals surface area contributed by atoms with Gasteiger partial charge in [-0.25, -0.2) is 0 Å². The SMILES string of the molecule is COc1ccc(C(=O)NCC2CC3CCN2CC3c2cc(C3CCCCC3)nn2C)cc1. The highest BCUT2D eigenvalue weighted by Gasteiger charge is 2.42. The Morgan fingerprint density at radius 3 is 2.62 bits per heavy atom. The van der Waals surface area contributed by atoms with Gasteiger partial charge in [-0.3, -0.25) is 14.4 Å². The number of hydrogen-bond acceptors (Lipinski definition) is 4. The van der Waals surface area contributed by atoms with Gasteiger partial charge in [-0.05, 0) is 68.5 Å². The fraction of sp³-hybridized carbons (Fsp3) is 0.615. The third kappa shape index (κ3) is 4.29. The second kappa shape index (κ2) is 9.26. The van der Waals surface area contributed by atoms with Gasteiger partial charge in [-0.1, -0.05) is 19.3 Å². The van der Waals surface area contributed by atoms with E-state index in [2.05, 4.69) is 28.0 Å². The maximum Gasteiger partial charge on any atom is 0.251 e. The number of methoxy groups -OCH3 is 1. The number of nitrogens with one attached hydrogen (secondary N) is 1. The van der Waals surface area contributed by atoms with E-state index in [4.69, 9.17) is 9.84 Å². The van der Waals surface area contributed by atoms with Gasteiger partial charge < -0.3 is 10.1 Å². The lowest BCUT2D eigenvalue weighted by Crippen LogP contribution is -2.56. The highest BCUT2D eigenvalue weighted by atomic mass is 16.5. The van der Waals surface area contributed by atoms with Gasteiger partial charge in [0.2, 0.25) is 0 Å². The van der Waals surface area contributed by atoms with Gasteiger partial charge in [0.05, 0.1) is 12.8 Å². The molecule has 1 aliphatic carbocycles. The van der Waals surface area contributed by atoms with Crippen molar-refractivity contribution in [3.05, 3.63) is 47.3 Å². The first-order valence-corrected chi connectivity index (χ1v) is 12.3. The third-order valence-corrected chi connectivity index (χ3v) is 8.07. The molecule has 1 aromatic carbocycles. The highest BCUT2D eigenvalue weighted by Crippen LogP contribution is 2.42. The molecular formula is C26H36N4O2. The summed E-state index contributed by atoms with van der Waals surface area (Å²) in [6.45, 7) is 2.93. The van der Waals surface area contributed by atoms with Crippen LogP contribution in [0.2, 0.25) is 0 Å². The monoisotopic (exact) mass is 436 g/mol. The minimum absolute atomic E-state index is 0.00407. The molecule has 6 heteroatoms. The molecule has 0 spiro atoms. The largest absolute Gasteiger partial charge is 0.497 e. The van der Waals surface area contributed by atoms with Crippen molar-refractivity contribution >= 4 is 5.91 Å². The molecule has 4 fully saturated rings. The number of carbonyl (C=O) groups excluding carboxylic acids is 1. The van der Waals surface area contributed by atoms with Crippen LogP contribution < -0.4 is 10.1 Å². The Hall–Kier alpha value is -2.34. The molecule has 2 bridgehead atoms. The van der Waals surface area contributed by atoms with Crippen LogP contribution in [0.3, 0.4) is 0 Å². The number of piperidine rings is 3. The van der Waals surface area contributed by atoms with E-state index in [1.807, 2.05) is 24.3 Å². The van der Waals surface area contributed by atoms with E-state index in [0.29, 0.717) is 35.9 Å². The van der Waals surface area contributed by atoms with Crippen LogP contribution in [0.15, 0.2) is 30.3 Å². The average molecular weight is 437 g/mol. The van der Waals surface area contributed by atoms with Crippen molar-refractivity contribution in [2.24, 2.45) is 13.0 Å². The van der Waals surface area contributed by atoms with Crippen molar-refractivity contribution in [3.8, 4) is 5.75 Å². The van der Waals surface area contributed by atoms with Gasteiger partial charge >= 0.3 is 0 Å². The lowest BCUT2D eigenvalue weighted by molar-refractivity contribution is 0.0280. The molecule has 3 saturated heterocycles. The first kappa shape index (κ1) is 21.5. The minimum atomic E-state index is -0.00407. The third-order valence-electron chi connectivity index (χ3n) is 8.07. The van der Waals surface area contributed by atoms with E-state index in [0.717, 1.165) is 25.3 Å². The van der Waals surface area contributed by atoms with Gasteiger partial charge in [0.15, 0.2) is 0 Å². The molecule has 6 rings (SSSR count). The number of amides is 1. The van der Waals surface area contributed by atoms with Crippen molar-refractivity contribution in [1.29, 1.82) is 0 Å². The second-order valence-electron chi connectivity index (χ2n) is 9.93. The number of aromatic nitrogens is 2. The lowest BCUT2D eigenvalue weighted by atomic mass is 9.74. The number of hydrogen-bond donors (Lipinski definition) is 1. The number of nitrogens with zero attached hydrogens (tertiary/aromatic N) is 3. The van der Waals surface area contributed by atoms with Gasteiger partial charge in [0, 0.05) is 49.3 Å². The number of ether oxygens (including phenoxy) is 1. The molecule has 4 heterocycles. The molecular weight excluding hydrogens is 400 g/mol. The average Bonchev–Trinajstić information content (AvgIpc) is 3.25. The predicted octanol–water partition coefficient (Wildman–Crippen LogP) is 4.08. The molecule has 1 aromatic heterocycles. The molecule has 1 amide bonds. The molecule has 172 valence electrons. The summed E-state index contributed by atoms with van der Waals surface area (Å²) < 4.78 is 7.35. The van der Waals surface area contributed by atoms with Gasteiger partial charge in [-0.2, -0.15) is 5.10 Å². The molecule has 0 radical (unpaired) electrons. The van der Waals surface area contributed by atoms with Crippen LogP contribution in [0.1, 0.15) is 78.5 Å². The smallest absolute Gasteiger partial charge is 0.251 e. The molecule has 32 heavy (non-hydrogen) atoms. The van der Waals surface area contributed by atoms with Gasteiger partial charge in [0.25, 0.3) is 5.91 Å². The summed E-state index contributed by atoms with van der Waals surface area (Å²) in [5, 5.41) is 8.11. The summed E-state index contributed by atoms with van der Waals surface area (Å²) in [6, 6.07) is 10.2. The topological polar surface area (TPSA) is 59.4 Å². The Morgan fingerprint density at radius 2 is 1.94 bits per heavy atom. The van der Waals surface area contributed by atoms with Crippen molar-refractivity contribution in [1.82, 2.24) is 20.0 Å². The molecule has 1 saturated carbocycles. The molecule has 4 atom stereocenters. The molecule has 4 unspecified atom stereocenters. The molecule has 1 N–H and O–H groups in total. The maximum atomic E-state index is 12.6. The van der Waals surface area contributed by atoms with Crippen LogP contribution in [-0.4, -0.2) is 53.4 Å². The quantitative estimate of drug-likeness (QED) is 0.741. The fourth-order valence-electron chi connectivity index (χ4n) is 6.19. The Labute approximate surface area is 191 Å². The molecule has 4 aliphatic rings. The standard InChI is InChI=1S/C26H36N4O2/c1-29-25(15-24(28-29)18-6-4-3-5-7-18)23-17-30-13-12-20(23)14-21(30)16-27-26(31)19-8-10-22(32-2)11-9-19/h8-11,15,18,20-21,23H,3-7,12-14,16-17H2,1-2H3,(H,27,31). The second-order valence-corrected chi connectivity index (χ2v) is 9.93. The molecule has 2 aromatic rings. The Balaban J connectivity index is 1.20. The van der Waals surface area contributed by atoms with E-state index >= 15 is 0 Å². The van der Waals surface area contributed by atoms with Crippen LogP contribution >= 0.6 is 0 Å². The Bertz CT molecular complexity index is 932. The Morgan fingerprint density at radius 1 is 1.16 bits per heavy atom. The fourth-order valence-corrected chi connectivity index (χ4v) is 6.19. The van der Waals surface area contributed by atoms with Gasteiger partial charge in [-0.15, -0.1) is 0 Å². The molecule has 6 nitrogen and oxygen atoms in total. The van der Waals surface area contributed by atoms with Crippen LogP contribution in [-0.2, 0) is 7.05 Å². The summed E-state index contributed by atoms with van der Waals surface area (Å²) in [6.07, 6.45) is 9.07. The van der Waals surface area contributed by atoms with Crippen molar-refractivity contribution in [2.75, 3.05) is 26.7 Å². The van der Waals surface area contributed by atoms with Crippen molar-refractivity contribution < 1.29 is 9.53 Å². The summed E-state index contributed by atoms with van der Waals surface area (Å²) >= 11 is 0. The highest BCUT2D eigenvalue weighted by molar-refractivity contribution is 5.94. The zero-order chi connectivity index (χ0) is 22.1. The van der Waals surface area contributed by atoms with E-state index < -0.39 is 0 Å². The maximum absolute atomic E-state index is 12.6. The van der Waals surface area contributed by atoms with Crippen LogP contribution in [0.4, 0.5) is 0 Å². The number of benzene rings is 1. The summed E-state index contributed by atoms with van der Waals surface area (Å²) in [5.41, 5.74) is 3.42. The van der Waals surface area contributed by atoms with Gasteiger partial charge in [0.1, 0.15) is 5.75 Å². The van der Waals surface area contributed by atoms with Crippen LogP contribution in [0, 0.1) is 5.92 Å². The van der Waals surface area contributed by atoms with Crippen LogP contribution in [0.5, 0.6) is 5.75 Å². The Kier molecular flexibility index (Phi) is 6.22. The molecule has 3 aliphatic heterocycles. The summed E-state index contributed by atoms with van der Waals surface area (Å²) in [4.78, 5) is 15.2. The lowest BCUT2D eigenvalue weighted by Gasteiger charge is -2.50. The van der Waals surface area contributed by atoms with E-state index in [1.165, 1.54) is 49.9 Å². The minimum Gasteiger partial charge on any atom is -0.497 e.